The Morgan fingerprint density at radius 3 is 2.42 bits per heavy atom. The first-order valence-electron chi connectivity index (χ1n) is 8.19. The van der Waals surface area contributed by atoms with Crippen molar-refractivity contribution < 1.29 is 0 Å². The van der Waals surface area contributed by atoms with E-state index in [-0.39, 0.29) is 0 Å². The van der Waals surface area contributed by atoms with Crippen molar-refractivity contribution in [2.45, 2.75) is 6.54 Å². The SMILES string of the molecule is CN(C)CCn1c2ccccc2c2cc(-c3ccccc3)nnc21. The van der Waals surface area contributed by atoms with E-state index < -0.39 is 0 Å². The zero-order valence-corrected chi connectivity index (χ0v) is 14.0. The molecule has 2 aromatic heterocycles. The van der Waals surface area contributed by atoms with E-state index in [1.54, 1.807) is 0 Å². The maximum Gasteiger partial charge on any atom is 0.163 e. The Morgan fingerprint density at radius 2 is 1.62 bits per heavy atom. The molecule has 0 saturated carbocycles. The number of aromatic nitrogens is 3. The molecule has 4 nitrogen and oxygen atoms in total. The predicted octanol–water partition coefficient (Wildman–Crippen LogP) is 3.81. The summed E-state index contributed by atoms with van der Waals surface area (Å²) in [6.07, 6.45) is 0. The summed E-state index contributed by atoms with van der Waals surface area (Å²) in [6.45, 7) is 1.87. The molecule has 24 heavy (non-hydrogen) atoms. The van der Waals surface area contributed by atoms with E-state index in [4.69, 9.17) is 0 Å². The molecule has 0 saturated heterocycles. The van der Waals surface area contributed by atoms with Gasteiger partial charge in [-0.1, -0.05) is 48.5 Å². The molecule has 0 atom stereocenters. The third-order valence-electron chi connectivity index (χ3n) is 4.36. The van der Waals surface area contributed by atoms with Gasteiger partial charge < -0.3 is 9.47 Å². The van der Waals surface area contributed by atoms with Crippen LogP contribution in [0.2, 0.25) is 0 Å². The molecule has 2 aromatic carbocycles. The molecule has 120 valence electrons. The van der Waals surface area contributed by atoms with E-state index in [0.717, 1.165) is 30.0 Å². The van der Waals surface area contributed by atoms with Crippen LogP contribution in [-0.2, 0) is 6.54 Å². The number of fused-ring (bicyclic) bond motifs is 3. The van der Waals surface area contributed by atoms with Crippen molar-refractivity contribution in [2.24, 2.45) is 0 Å². The summed E-state index contributed by atoms with van der Waals surface area (Å²) in [5.74, 6) is 0. The number of likely N-dealkylation sites (N-methyl/N-ethyl adjacent to an activating group) is 1. The number of para-hydroxylation sites is 1. The van der Waals surface area contributed by atoms with Gasteiger partial charge in [-0.2, -0.15) is 0 Å². The van der Waals surface area contributed by atoms with Gasteiger partial charge >= 0.3 is 0 Å². The normalized spacial score (nSPS) is 11.6. The lowest BCUT2D eigenvalue weighted by Crippen LogP contribution is -2.18. The maximum absolute atomic E-state index is 4.57. The van der Waals surface area contributed by atoms with Gasteiger partial charge in [0.1, 0.15) is 0 Å². The Kier molecular flexibility index (Phi) is 3.75. The number of rotatable bonds is 4. The zero-order valence-electron chi connectivity index (χ0n) is 14.0. The van der Waals surface area contributed by atoms with Gasteiger partial charge in [-0.15, -0.1) is 10.2 Å². The molecule has 0 fully saturated rings. The summed E-state index contributed by atoms with van der Waals surface area (Å²) in [5, 5.41) is 11.4. The minimum atomic E-state index is 0.899. The van der Waals surface area contributed by atoms with Gasteiger partial charge in [0.2, 0.25) is 0 Å². The Morgan fingerprint density at radius 1 is 0.875 bits per heavy atom. The molecule has 2 heterocycles. The van der Waals surface area contributed by atoms with Crippen molar-refractivity contribution in [1.29, 1.82) is 0 Å². The van der Waals surface area contributed by atoms with Crippen LogP contribution in [0, 0.1) is 0 Å². The van der Waals surface area contributed by atoms with E-state index >= 15 is 0 Å². The van der Waals surface area contributed by atoms with Crippen molar-refractivity contribution in [3.63, 3.8) is 0 Å². The van der Waals surface area contributed by atoms with E-state index in [2.05, 4.69) is 76.2 Å². The molecule has 0 unspecified atom stereocenters. The number of hydrogen-bond donors (Lipinski definition) is 0. The third kappa shape index (κ3) is 2.55. The van der Waals surface area contributed by atoms with Gasteiger partial charge in [-0.3, -0.25) is 0 Å². The van der Waals surface area contributed by atoms with Crippen LogP contribution in [-0.4, -0.2) is 40.3 Å². The quantitative estimate of drug-likeness (QED) is 0.574. The van der Waals surface area contributed by atoms with Crippen LogP contribution < -0.4 is 0 Å². The lowest BCUT2D eigenvalue weighted by atomic mass is 10.1. The molecule has 0 aliphatic heterocycles. The van der Waals surface area contributed by atoms with Gasteiger partial charge in [0, 0.05) is 29.4 Å². The molecule has 0 N–H and O–H groups in total. The van der Waals surface area contributed by atoms with Crippen molar-refractivity contribution >= 4 is 21.9 Å². The summed E-state index contributed by atoms with van der Waals surface area (Å²) in [7, 11) is 4.18. The summed E-state index contributed by atoms with van der Waals surface area (Å²) < 4.78 is 2.27. The first-order valence-corrected chi connectivity index (χ1v) is 8.19. The van der Waals surface area contributed by atoms with Crippen LogP contribution in [0.1, 0.15) is 0 Å². The number of nitrogens with zero attached hydrogens (tertiary/aromatic N) is 4. The Hall–Kier alpha value is -2.72. The van der Waals surface area contributed by atoms with Crippen LogP contribution in [0.4, 0.5) is 0 Å². The predicted molar refractivity (Wildman–Crippen MR) is 99.0 cm³/mol. The second-order valence-electron chi connectivity index (χ2n) is 6.30. The Bertz CT molecular complexity index is 987. The number of hydrogen-bond acceptors (Lipinski definition) is 3. The average Bonchev–Trinajstić information content (AvgIpc) is 2.94. The van der Waals surface area contributed by atoms with E-state index in [1.807, 2.05) is 18.2 Å². The van der Waals surface area contributed by atoms with Gasteiger partial charge in [0.15, 0.2) is 5.65 Å². The van der Waals surface area contributed by atoms with Crippen LogP contribution in [0.15, 0.2) is 60.7 Å². The van der Waals surface area contributed by atoms with Crippen molar-refractivity contribution in [3.05, 3.63) is 60.7 Å². The Labute approximate surface area is 141 Å². The van der Waals surface area contributed by atoms with E-state index in [9.17, 15) is 0 Å². The monoisotopic (exact) mass is 316 g/mol. The zero-order chi connectivity index (χ0) is 16.5. The average molecular weight is 316 g/mol. The van der Waals surface area contributed by atoms with Gasteiger partial charge in [0.05, 0.1) is 11.2 Å². The van der Waals surface area contributed by atoms with E-state index in [0.29, 0.717) is 0 Å². The molecule has 0 aliphatic rings. The van der Waals surface area contributed by atoms with E-state index in [1.165, 1.54) is 16.3 Å². The van der Waals surface area contributed by atoms with Crippen LogP contribution in [0.5, 0.6) is 0 Å². The van der Waals surface area contributed by atoms with Crippen LogP contribution in [0.25, 0.3) is 33.2 Å². The Balaban J connectivity index is 1.92. The molecule has 4 aromatic rings. The fraction of sp³-hybridized carbons (Fsp3) is 0.200. The molecule has 0 amide bonds. The molecule has 0 bridgehead atoms. The molecule has 4 heteroatoms. The smallest absolute Gasteiger partial charge is 0.163 e. The minimum Gasteiger partial charge on any atom is -0.323 e. The highest BCUT2D eigenvalue weighted by Gasteiger charge is 2.13. The second-order valence-corrected chi connectivity index (χ2v) is 6.30. The molecule has 0 spiro atoms. The summed E-state index contributed by atoms with van der Waals surface area (Å²) >= 11 is 0. The molecule has 0 radical (unpaired) electrons. The van der Waals surface area contributed by atoms with Crippen LogP contribution in [0.3, 0.4) is 0 Å². The topological polar surface area (TPSA) is 34.0 Å². The lowest BCUT2D eigenvalue weighted by Gasteiger charge is -2.11. The molecule has 0 aliphatic carbocycles. The van der Waals surface area contributed by atoms with Gasteiger partial charge in [0.25, 0.3) is 0 Å². The van der Waals surface area contributed by atoms with Gasteiger partial charge in [-0.05, 0) is 26.2 Å². The highest BCUT2D eigenvalue weighted by Crippen LogP contribution is 2.29. The standard InChI is InChI=1S/C20H20N4/c1-23(2)12-13-24-19-11-7-6-10-16(19)17-14-18(21-22-20(17)24)15-8-4-3-5-9-15/h3-11,14H,12-13H2,1-2H3. The summed E-state index contributed by atoms with van der Waals surface area (Å²) in [5.41, 5.74) is 4.18. The molecular weight excluding hydrogens is 296 g/mol. The third-order valence-corrected chi connectivity index (χ3v) is 4.36. The first-order chi connectivity index (χ1) is 11.7. The van der Waals surface area contributed by atoms with Gasteiger partial charge in [-0.25, -0.2) is 0 Å². The summed E-state index contributed by atoms with van der Waals surface area (Å²) in [4.78, 5) is 2.19. The fourth-order valence-corrected chi connectivity index (χ4v) is 3.11. The number of benzene rings is 2. The minimum absolute atomic E-state index is 0.899. The lowest BCUT2D eigenvalue weighted by molar-refractivity contribution is 0.389. The van der Waals surface area contributed by atoms with Crippen molar-refractivity contribution in [3.8, 4) is 11.3 Å². The largest absolute Gasteiger partial charge is 0.323 e. The summed E-state index contributed by atoms with van der Waals surface area (Å²) in [6, 6.07) is 20.9. The molecule has 4 rings (SSSR count). The van der Waals surface area contributed by atoms with Crippen molar-refractivity contribution in [2.75, 3.05) is 20.6 Å². The fourth-order valence-electron chi connectivity index (χ4n) is 3.11. The van der Waals surface area contributed by atoms with Crippen molar-refractivity contribution in [1.82, 2.24) is 19.7 Å². The molecular formula is C20H20N4. The highest BCUT2D eigenvalue weighted by atomic mass is 15.2. The maximum atomic E-state index is 4.57. The second kappa shape index (κ2) is 6.06. The first kappa shape index (κ1) is 14.8. The highest BCUT2D eigenvalue weighted by molar-refractivity contribution is 6.07. The van der Waals surface area contributed by atoms with Crippen LogP contribution >= 0.6 is 0 Å².